The van der Waals surface area contributed by atoms with E-state index in [1.54, 1.807) is 31.2 Å². The fourth-order valence-corrected chi connectivity index (χ4v) is 1.69. The Labute approximate surface area is 119 Å². The maximum Gasteiger partial charge on any atom is 0.305 e. The van der Waals surface area contributed by atoms with Gasteiger partial charge in [-0.3, -0.25) is 9.59 Å². The number of ether oxygens (including phenoxy) is 2. The summed E-state index contributed by atoms with van der Waals surface area (Å²) in [5.74, 6) is 0.117. The molecule has 0 aliphatic rings. The first-order valence-corrected chi connectivity index (χ1v) is 6.81. The third-order valence-electron chi connectivity index (χ3n) is 2.74. The normalized spacial score (nSPS) is 10.1. The zero-order chi connectivity index (χ0) is 14.8. The van der Waals surface area contributed by atoms with Crippen LogP contribution in [0.2, 0.25) is 0 Å². The van der Waals surface area contributed by atoms with Crippen molar-refractivity contribution in [3.05, 3.63) is 29.8 Å². The molecule has 0 unspecified atom stereocenters. The lowest BCUT2D eigenvalue weighted by Gasteiger charge is -2.06. The molecule has 0 saturated carbocycles. The number of hydrogen-bond acceptors (Lipinski definition) is 4. The van der Waals surface area contributed by atoms with E-state index in [-0.39, 0.29) is 5.97 Å². The molecule has 2 N–H and O–H groups in total. The number of nitrogens with two attached hydrogens (primary N) is 1. The number of unbranched alkanes of at least 4 members (excludes halogenated alkanes) is 2. The number of benzene rings is 1. The summed E-state index contributed by atoms with van der Waals surface area (Å²) in [7, 11) is 0. The first-order chi connectivity index (χ1) is 9.63. The van der Waals surface area contributed by atoms with Crippen LogP contribution in [0.5, 0.6) is 5.75 Å². The van der Waals surface area contributed by atoms with Gasteiger partial charge in [0.1, 0.15) is 5.75 Å². The van der Waals surface area contributed by atoms with E-state index in [4.69, 9.17) is 15.2 Å². The maximum absolute atomic E-state index is 11.1. The highest BCUT2D eigenvalue weighted by Gasteiger charge is 2.02. The minimum absolute atomic E-state index is 0.143. The summed E-state index contributed by atoms with van der Waals surface area (Å²) in [4.78, 5) is 22.0. The van der Waals surface area contributed by atoms with Crippen molar-refractivity contribution < 1.29 is 19.1 Å². The molecule has 0 heterocycles. The van der Waals surface area contributed by atoms with Gasteiger partial charge in [0, 0.05) is 12.0 Å². The molecule has 1 aromatic carbocycles. The minimum Gasteiger partial charge on any atom is -0.494 e. The topological polar surface area (TPSA) is 78.6 Å². The van der Waals surface area contributed by atoms with E-state index in [9.17, 15) is 9.59 Å². The van der Waals surface area contributed by atoms with E-state index < -0.39 is 5.91 Å². The van der Waals surface area contributed by atoms with Gasteiger partial charge in [0.25, 0.3) is 0 Å². The summed E-state index contributed by atoms with van der Waals surface area (Å²) in [5.41, 5.74) is 5.61. The van der Waals surface area contributed by atoms with Gasteiger partial charge in [0.05, 0.1) is 13.2 Å². The van der Waals surface area contributed by atoms with Crippen LogP contribution >= 0.6 is 0 Å². The van der Waals surface area contributed by atoms with Crippen LogP contribution in [0.25, 0.3) is 0 Å². The molecule has 5 nitrogen and oxygen atoms in total. The second kappa shape index (κ2) is 8.96. The van der Waals surface area contributed by atoms with Crippen LogP contribution in [-0.4, -0.2) is 25.1 Å². The second-order valence-corrected chi connectivity index (χ2v) is 4.35. The highest BCUT2D eigenvalue weighted by Crippen LogP contribution is 2.12. The van der Waals surface area contributed by atoms with Crippen molar-refractivity contribution in [3.63, 3.8) is 0 Å². The number of hydrogen-bond donors (Lipinski definition) is 1. The first-order valence-electron chi connectivity index (χ1n) is 6.81. The Kier molecular flexibility index (Phi) is 7.17. The van der Waals surface area contributed by atoms with Crippen molar-refractivity contribution in [2.75, 3.05) is 13.2 Å². The predicted octanol–water partition coefficient (Wildman–Crippen LogP) is 2.29. The lowest BCUT2D eigenvalue weighted by Crippen LogP contribution is -2.10. The van der Waals surface area contributed by atoms with Crippen LogP contribution in [-0.2, 0) is 9.53 Å². The van der Waals surface area contributed by atoms with Crippen molar-refractivity contribution in [1.29, 1.82) is 0 Å². The van der Waals surface area contributed by atoms with Crippen LogP contribution in [0, 0.1) is 0 Å². The number of primary amides is 1. The second-order valence-electron chi connectivity index (χ2n) is 4.35. The van der Waals surface area contributed by atoms with E-state index in [0.29, 0.717) is 30.9 Å². The molecule has 1 amide bonds. The van der Waals surface area contributed by atoms with Gasteiger partial charge >= 0.3 is 5.97 Å². The Morgan fingerprint density at radius 1 is 1.10 bits per heavy atom. The van der Waals surface area contributed by atoms with Gasteiger partial charge < -0.3 is 15.2 Å². The van der Waals surface area contributed by atoms with Crippen LogP contribution < -0.4 is 10.5 Å². The number of carbonyl (C=O) groups is 2. The number of rotatable bonds is 9. The third kappa shape index (κ3) is 6.22. The molecule has 5 heteroatoms. The van der Waals surface area contributed by atoms with Gasteiger partial charge in [0.15, 0.2) is 0 Å². The Balaban J connectivity index is 2.12. The quantitative estimate of drug-likeness (QED) is 0.555. The van der Waals surface area contributed by atoms with Crippen LogP contribution in [0.1, 0.15) is 43.0 Å². The number of esters is 1. The number of amides is 1. The zero-order valence-corrected chi connectivity index (χ0v) is 11.8. The molecule has 0 aliphatic carbocycles. The highest BCUT2D eigenvalue weighted by atomic mass is 16.5. The summed E-state index contributed by atoms with van der Waals surface area (Å²) in [6, 6.07) is 6.72. The van der Waals surface area contributed by atoms with Crippen molar-refractivity contribution in [2.24, 2.45) is 5.73 Å². The molecule has 0 saturated heterocycles. The average molecular weight is 279 g/mol. The van der Waals surface area contributed by atoms with E-state index in [1.165, 1.54) is 0 Å². The average Bonchev–Trinajstić information content (AvgIpc) is 2.43. The Bertz CT molecular complexity index is 428. The fourth-order valence-electron chi connectivity index (χ4n) is 1.69. The molecule has 0 radical (unpaired) electrons. The summed E-state index contributed by atoms with van der Waals surface area (Å²) in [5, 5.41) is 0. The molecular formula is C15H21NO4. The minimum atomic E-state index is -0.449. The third-order valence-corrected chi connectivity index (χ3v) is 2.74. The smallest absolute Gasteiger partial charge is 0.305 e. The standard InChI is InChI=1S/C15H21NO4/c1-2-19-14(17)6-4-3-5-11-20-13-9-7-12(8-10-13)15(16)18/h7-10H,2-6,11H2,1H3,(H2,16,18). The molecule has 1 aromatic rings. The van der Waals surface area contributed by atoms with Gasteiger partial charge in [-0.15, -0.1) is 0 Å². The summed E-state index contributed by atoms with van der Waals surface area (Å²) in [6.07, 6.45) is 3.05. The molecule has 20 heavy (non-hydrogen) atoms. The maximum atomic E-state index is 11.1. The van der Waals surface area contributed by atoms with Gasteiger partial charge in [-0.2, -0.15) is 0 Å². The first kappa shape index (κ1) is 16.0. The highest BCUT2D eigenvalue weighted by molar-refractivity contribution is 5.92. The molecule has 0 spiro atoms. The van der Waals surface area contributed by atoms with E-state index in [0.717, 1.165) is 19.3 Å². The lowest BCUT2D eigenvalue weighted by atomic mass is 10.2. The van der Waals surface area contributed by atoms with Crippen molar-refractivity contribution in [3.8, 4) is 5.75 Å². The van der Waals surface area contributed by atoms with Gasteiger partial charge in [0.2, 0.25) is 5.91 Å². The molecule has 0 atom stereocenters. The molecule has 1 rings (SSSR count). The lowest BCUT2D eigenvalue weighted by molar-refractivity contribution is -0.143. The van der Waals surface area contributed by atoms with E-state index in [1.807, 2.05) is 0 Å². The molecule has 0 fully saturated rings. The van der Waals surface area contributed by atoms with E-state index >= 15 is 0 Å². The molecule has 0 bridgehead atoms. The summed E-state index contributed by atoms with van der Waals surface area (Å²) >= 11 is 0. The monoisotopic (exact) mass is 279 g/mol. The van der Waals surface area contributed by atoms with Crippen LogP contribution in [0.4, 0.5) is 0 Å². The predicted molar refractivity (Wildman–Crippen MR) is 75.6 cm³/mol. The zero-order valence-electron chi connectivity index (χ0n) is 11.8. The fraction of sp³-hybridized carbons (Fsp3) is 0.467. The Morgan fingerprint density at radius 3 is 2.40 bits per heavy atom. The number of carbonyl (C=O) groups excluding carboxylic acids is 2. The molecule has 0 aromatic heterocycles. The molecule has 0 aliphatic heterocycles. The van der Waals surface area contributed by atoms with Gasteiger partial charge in [-0.25, -0.2) is 0 Å². The van der Waals surface area contributed by atoms with Gasteiger partial charge in [-0.1, -0.05) is 0 Å². The van der Waals surface area contributed by atoms with Gasteiger partial charge in [-0.05, 0) is 50.5 Å². The van der Waals surface area contributed by atoms with Crippen LogP contribution in [0.3, 0.4) is 0 Å². The van der Waals surface area contributed by atoms with E-state index in [2.05, 4.69) is 0 Å². The molecular weight excluding hydrogens is 258 g/mol. The van der Waals surface area contributed by atoms with Crippen molar-refractivity contribution >= 4 is 11.9 Å². The SMILES string of the molecule is CCOC(=O)CCCCCOc1ccc(C(N)=O)cc1. The van der Waals surface area contributed by atoms with Crippen LogP contribution in [0.15, 0.2) is 24.3 Å². The molecule has 110 valence electrons. The Morgan fingerprint density at radius 2 is 1.80 bits per heavy atom. The summed E-state index contributed by atoms with van der Waals surface area (Å²) < 4.78 is 10.4. The summed E-state index contributed by atoms with van der Waals surface area (Å²) in [6.45, 7) is 2.82. The van der Waals surface area contributed by atoms with Crippen molar-refractivity contribution in [1.82, 2.24) is 0 Å². The Hall–Kier alpha value is -2.04. The van der Waals surface area contributed by atoms with Crippen molar-refractivity contribution in [2.45, 2.75) is 32.6 Å². The largest absolute Gasteiger partial charge is 0.494 e.